The van der Waals surface area contributed by atoms with Crippen molar-refractivity contribution in [3.05, 3.63) is 66.0 Å². The number of hydrogen-bond acceptors (Lipinski definition) is 3. The summed E-state index contributed by atoms with van der Waals surface area (Å²) in [6, 6.07) is 13.2. The summed E-state index contributed by atoms with van der Waals surface area (Å²) in [4.78, 5) is 11.7. The second kappa shape index (κ2) is 8.58. The number of nitrogens with one attached hydrogen (secondary N) is 1. The number of ether oxygens (including phenoxy) is 2. The Morgan fingerprint density at radius 2 is 1.91 bits per heavy atom. The summed E-state index contributed by atoms with van der Waals surface area (Å²) in [5.41, 5.74) is 0.827. The van der Waals surface area contributed by atoms with Crippen LogP contribution in [0.25, 0.3) is 6.08 Å². The lowest BCUT2D eigenvalue weighted by atomic mass is 10.2. The smallest absolute Gasteiger partial charge is 0.244 e. The third-order valence-electron chi connectivity index (χ3n) is 3.04. The first-order valence-corrected chi connectivity index (χ1v) is 7.16. The SMILES string of the molecule is COc1ccccc1/C=C/C(=O)NCCOc1ccc(F)cc1. The molecule has 0 aliphatic heterocycles. The van der Waals surface area contributed by atoms with Crippen molar-refractivity contribution >= 4 is 12.0 Å². The lowest BCUT2D eigenvalue weighted by molar-refractivity contribution is -0.116. The molecule has 2 aromatic rings. The van der Waals surface area contributed by atoms with Crippen LogP contribution in [-0.2, 0) is 4.79 Å². The molecule has 120 valence electrons. The van der Waals surface area contributed by atoms with E-state index in [9.17, 15) is 9.18 Å². The van der Waals surface area contributed by atoms with Crippen molar-refractivity contribution in [3.8, 4) is 11.5 Å². The molecular formula is C18H18FNO3. The van der Waals surface area contributed by atoms with Crippen molar-refractivity contribution in [1.29, 1.82) is 0 Å². The first-order chi connectivity index (χ1) is 11.2. The third kappa shape index (κ3) is 5.47. The molecule has 4 nitrogen and oxygen atoms in total. The lowest BCUT2D eigenvalue weighted by Gasteiger charge is -2.06. The van der Waals surface area contributed by atoms with Crippen LogP contribution >= 0.6 is 0 Å². The van der Waals surface area contributed by atoms with Crippen LogP contribution < -0.4 is 14.8 Å². The van der Waals surface area contributed by atoms with Gasteiger partial charge in [0, 0.05) is 11.6 Å². The normalized spacial score (nSPS) is 10.5. The molecule has 23 heavy (non-hydrogen) atoms. The van der Waals surface area contributed by atoms with Gasteiger partial charge in [0.25, 0.3) is 0 Å². The number of carbonyl (C=O) groups is 1. The van der Waals surface area contributed by atoms with Gasteiger partial charge in [-0.3, -0.25) is 4.79 Å². The average Bonchev–Trinajstić information content (AvgIpc) is 2.58. The molecule has 0 bridgehead atoms. The number of benzene rings is 2. The van der Waals surface area contributed by atoms with E-state index in [0.717, 1.165) is 5.56 Å². The van der Waals surface area contributed by atoms with Crippen molar-refractivity contribution in [2.75, 3.05) is 20.3 Å². The second-order valence-corrected chi connectivity index (χ2v) is 4.67. The van der Waals surface area contributed by atoms with Crippen molar-refractivity contribution in [2.24, 2.45) is 0 Å². The minimum atomic E-state index is -0.313. The van der Waals surface area contributed by atoms with Gasteiger partial charge in [0.05, 0.1) is 13.7 Å². The van der Waals surface area contributed by atoms with Gasteiger partial charge in [0.1, 0.15) is 23.9 Å². The number of para-hydroxylation sites is 1. The van der Waals surface area contributed by atoms with E-state index in [1.807, 2.05) is 24.3 Å². The van der Waals surface area contributed by atoms with Crippen molar-refractivity contribution < 1.29 is 18.7 Å². The molecule has 0 radical (unpaired) electrons. The van der Waals surface area contributed by atoms with Gasteiger partial charge in [0.15, 0.2) is 0 Å². The Kier molecular flexibility index (Phi) is 6.17. The van der Waals surface area contributed by atoms with Gasteiger partial charge in [-0.1, -0.05) is 18.2 Å². The summed E-state index contributed by atoms with van der Waals surface area (Å²) >= 11 is 0. The molecule has 2 rings (SSSR count). The van der Waals surface area contributed by atoms with Crippen LogP contribution in [0.4, 0.5) is 4.39 Å². The Hall–Kier alpha value is -2.82. The fraction of sp³-hybridized carbons (Fsp3) is 0.167. The molecule has 5 heteroatoms. The number of amides is 1. The van der Waals surface area contributed by atoms with Crippen LogP contribution in [0, 0.1) is 5.82 Å². The van der Waals surface area contributed by atoms with E-state index in [-0.39, 0.29) is 11.7 Å². The molecule has 2 aromatic carbocycles. The molecule has 0 saturated carbocycles. The van der Waals surface area contributed by atoms with E-state index in [1.54, 1.807) is 25.3 Å². The summed E-state index contributed by atoms with van der Waals surface area (Å²) in [6.45, 7) is 0.659. The lowest BCUT2D eigenvalue weighted by Crippen LogP contribution is -2.26. The topological polar surface area (TPSA) is 47.6 Å². The maximum Gasteiger partial charge on any atom is 0.244 e. The molecule has 0 atom stereocenters. The molecule has 1 amide bonds. The van der Waals surface area contributed by atoms with Crippen LogP contribution in [0.1, 0.15) is 5.56 Å². The van der Waals surface area contributed by atoms with E-state index in [1.165, 1.54) is 18.2 Å². The highest BCUT2D eigenvalue weighted by atomic mass is 19.1. The second-order valence-electron chi connectivity index (χ2n) is 4.67. The highest BCUT2D eigenvalue weighted by Crippen LogP contribution is 2.18. The zero-order valence-corrected chi connectivity index (χ0v) is 12.8. The molecule has 0 aliphatic rings. The minimum Gasteiger partial charge on any atom is -0.496 e. The van der Waals surface area contributed by atoms with Crippen LogP contribution in [-0.4, -0.2) is 26.2 Å². The molecule has 0 saturated heterocycles. The highest BCUT2D eigenvalue weighted by Gasteiger charge is 2.00. The van der Waals surface area contributed by atoms with Gasteiger partial charge in [-0.15, -0.1) is 0 Å². The van der Waals surface area contributed by atoms with Crippen molar-refractivity contribution in [2.45, 2.75) is 0 Å². The highest BCUT2D eigenvalue weighted by molar-refractivity contribution is 5.92. The molecule has 0 heterocycles. The maximum atomic E-state index is 12.7. The summed E-state index contributed by atoms with van der Waals surface area (Å²) in [5.74, 6) is 0.729. The van der Waals surface area contributed by atoms with E-state index < -0.39 is 0 Å². The van der Waals surface area contributed by atoms with Crippen LogP contribution in [0.3, 0.4) is 0 Å². The number of halogens is 1. The zero-order valence-electron chi connectivity index (χ0n) is 12.8. The quantitative estimate of drug-likeness (QED) is 0.631. The van der Waals surface area contributed by atoms with Gasteiger partial charge in [-0.05, 0) is 36.4 Å². The average molecular weight is 315 g/mol. The zero-order chi connectivity index (χ0) is 16.5. The van der Waals surface area contributed by atoms with E-state index in [0.29, 0.717) is 24.7 Å². The first kappa shape index (κ1) is 16.5. The van der Waals surface area contributed by atoms with E-state index in [2.05, 4.69) is 5.32 Å². The van der Waals surface area contributed by atoms with E-state index >= 15 is 0 Å². The summed E-state index contributed by atoms with van der Waals surface area (Å²) in [5, 5.41) is 2.71. The number of methoxy groups -OCH3 is 1. The minimum absolute atomic E-state index is 0.224. The van der Waals surface area contributed by atoms with E-state index in [4.69, 9.17) is 9.47 Å². The number of hydrogen-bond donors (Lipinski definition) is 1. The number of carbonyl (C=O) groups excluding carboxylic acids is 1. The van der Waals surface area contributed by atoms with Crippen LogP contribution in [0.2, 0.25) is 0 Å². The van der Waals surface area contributed by atoms with Gasteiger partial charge in [-0.2, -0.15) is 0 Å². The molecule has 0 spiro atoms. The molecule has 0 unspecified atom stereocenters. The van der Waals surface area contributed by atoms with Crippen LogP contribution in [0.5, 0.6) is 11.5 Å². The molecule has 1 N–H and O–H groups in total. The largest absolute Gasteiger partial charge is 0.496 e. The van der Waals surface area contributed by atoms with Crippen LogP contribution in [0.15, 0.2) is 54.6 Å². The van der Waals surface area contributed by atoms with Crippen molar-refractivity contribution in [1.82, 2.24) is 5.32 Å². The maximum absolute atomic E-state index is 12.7. The Morgan fingerprint density at radius 1 is 1.17 bits per heavy atom. The standard InChI is InChI=1S/C18H18FNO3/c1-22-17-5-3-2-4-14(17)6-11-18(21)20-12-13-23-16-9-7-15(19)8-10-16/h2-11H,12-13H2,1H3,(H,20,21)/b11-6+. The summed E-state index contributed by atoms with van der Waals surface area (Å²) in [6.07, 6.45) is 3.13. The number of rotatable bonds is 7. The first-order valence-electron chi connectivity index (χ1n) is 7.16. The Morgan fingerprint density at radius 3 is 2.65 bits per heavy atom. The van der Waals surface area contributed by atoms with Gasteiger partial charge >= 0.3 is 0 Å². The Bertz CT molecular complexity index is 668. The summed E-state index contributed by atoms with van der Waals surface area (Å²) < 4.78 is 23.3. The Labute approximate surface area is 134 Å². The molecule has 0 aromatic heterocycles. The fourth-order valence-electron chi connectivity index (χ4n) is 1.90. The van der Waals surface area contributed by atoms with Gasteiger partial charge in [0.2, 0.25) is 5.91 Å². The van der Waals surface area contributed by atoms with Crippen molar-refractivity contribution in [3.63, 3.8) is 0 Å². The fourth-order valence-corrected chi connectivity index (χ4v) is 1.90. The predicted molar refractivity (Wildman–Crippen MR) is 86.9 cm³/mol. The molecular weight excluding hydrogens is 297 g/mol. The van der Waals surface area contributed by atoms with Gasteiger partial charge < -0.3 is 14.8 Å². The third-order valence-corrected chi connectivity index (χ3v) is 3.04. The van der Waals surface area contributed by atoms with Gasteiger partial charge in [-0.25, -0.2) is 4.39 Å². The predicted octanol–water partition coefficient (Wildman–Crippen LogP) is 3.04. The Balaban J connectivity index is 1.74. The molecule has 0 aliphatic carbocycles. The monoisotopic (exact) mass is 315 g/mol. The summed E-state index contributed by atoms with van der Waals surface area (Å²) in [7, 11) is 1.58. The molecule has 0 fully saturated rings.